The van der Waals surface area contributed by atoms with Crippen molar-refractivity contribution in [3.63, 3.8) is 0 Å². The highest BCUT2D eigenvalue weighted by atomic mass is 16.3. The molecule has 4 heterocycles. The Hall–Kier alpha value is -8.61. The van der Waals surface area contributed by atoms with Crippen molar-refractivity contribution in [3.05, 3.63) is 194 Å². The zero-order valence-electron chi connectivity index (χ0n) is 33.6. The molecule has 0 radical (unpaired) electrons. The molecule has 0 N–H and O–H groups in total. The quantitative estimate of drug-likeness (QED) is 0.177. The minimum absolute atomic E-state index is 0.548. The second-order valence-electron chi connectivity index (χ2n) is 16.3. The Balaban J connectivity index is 1.10. The van der Waals surface area contributed by atoms with Gasteiger partial charge in [0.25, 0.3) is 0 Å². The molecule has 0 aliphatic carbocycles. The summed E-state index contributed by atoms with van der Waals surface area (Å²) in [5, 5.41) is 13.5. The fourth-order valence-electron chi connectivity index (χ4n) is 9.99. The van der Waals surface area contributed by atoms with Crippen molar-refractivity contribution in [1.29, 1.82) is 0 Å². The van der Waals surface area contributed by atoms with Gasteiger partial charge in [0.1, 0.15) is 22.3 Å². The summed E-state index contributed by atoms with van der Waals surface area (Å²) in [6.07, 6.45) is 0. The van der Waals surface area contributed by atoms with Crippen molar-refractivity contribution in [2.24, 2.45) is 0 Å². The first-order chi connectivity index (χ1) is 31.2. The largest absolute Gasteiger partial charge is 0.456 e. The number of para-hydroxylation sites is 2. The molecule has 14 rings (SSSR count). The van der Waals surface area contributed by atoms with Gasteiger partial charge >= 0.3 is 0 Å². The third-order valence-corrected chi connectivity index (χ3v) is 12.8. The lowest BCUT2D eigenvalue weighted by Gasteiger charge is -2.14. The summed E-state index contributed by atoms with van der Waals surface area (Å²) in [5.41, 5.74) is 9.13. The highest BCUT2D eigenvalue weighted by Crippen LogP contribution is 2.44. The van der Waals surface area contributed by atoms with Crippen LogP contribution in [0.5, 0.6) is 0 Å². The Morgan fingerprint density at radius 2 is 0.952 bits per heavy atom. The SMILES string of the molecule is c1ccc(-c2nc(-c3cc4oc5ccccc5c4c4ccc(-n5c6cc7ccccc7cc6c6c7ccccc7ccc65)cc34)nc(-c3cccc4oc5ccccc5c34)n2)cc1. The van der Waals surface area contributed by atoms with Crippen LogP contribution in [0.4, 0.5) is 0 Å². The van der Waals surface area contributed by atoms with E-state index in [-0.39, 0.29) is 0 Å². The van der Waals surface area contributed by atoms with Crippen LogP contribution in [-0.2, 0) is 0 Å². The molecular formula is C57H32N4O2. The van der Waals surface area contributed by atoms with E-state index in [4.69, 9.17) is 23.8 Å². The van der Waals surface area contributed by atoms with Crippen molar-refractivity contribution >= 4 is 98.0 Å². The van der Waals surface area contributed by atoms with E-state index >= 15 is 0 Å². The lowest BCUT2D eigenvalue weighted by molar-refractivity contribution is 0.669. The summed E-state index contributed by atoms with van der Waals surface area (Å²) in [6, 6.07) is 68.1. The van der Waals surface area contributed by atoms with E-state index in [1.165, 1.54) is 32.3 Å². The van der Waals surface area contributed by atoms with Gasteiger partial charge in [-0.2, -0.15) is 0 Å². The molecule has 6 heteroatoms. The first-order valence-corrected chi connectivity index (χ1v) is 21.2. The van der Waals surface area contributed by atoms with Crippen LogP contribution in [0.15, 0.2) is 203 Å². The summed E-state index contributed by atoms with van der Waals surface area (Å²) in [6.45, 7) is 0. The number of fused-ring (bicyclic) bond motifs is 14. The fraction of sp³-hybridized carbons (Fsp3) is 0. The third-order valence-electron chi connectivity index (χ3n) is 12.8. The minimum atomic E-state index is 0.548. The highest BCUT2D eigenvalue weighted by molar-refractivity contribution is 6.25. The topological polar surface area (TPSA) is 69.9 Å². The monoisotopic (exact) mass is 804 g/mol. The molecule has 4 aromatic heterocycles. The van der Waals surface area contributed by atoms with E-state index in [0.717, 1.165) is 88.1 Å². The lowest BCUT2D eigenvalue weighted by atomic mass is 9.97. The molecule has 0 unspecified atom stereocenters. The Morgan fingerprint density at radius 1 is 0.317 bits per heavy atom. The predicted octanol–water partition coefficient (Wildman–Crippen LogP) is 15.2. The van der Waals surface area contributed by atoms with Crippen molar-refractivity contribution in [1.82, 2.24) is 19.5 Å². The zero-order valence-corrected chi connectivity index (χ0v) is 33.6. The molecule has 0 aliphatic heterocycles. The average Bonchev–Trinajstić information content (AvgIpc) is 4.02. The minimum Gasteiger partial charge on any atom is -0.456 e. The number of nitrogens with zero attached hydrogens (tertiary/aromatic N) is 4. The number of aromatic nitrogens is 4. The molecule has 0 bridgehead atoms. The van der Waals surface area contributed by atoms with Crippen molar-refractivity contribution in [2.75, 3.05) is 0 Å². The van der Waals surface area contributed by atoms with Crippen LogP contribution in [0.1, 0.15) is 0 Å². The summed E-state index contributed by atoms with van der Waals surface area (Å²) in [4.78, 5) is 15.9. The van der Waals surface area contributed by atoms with E-state index < -0.39 is 0 Å². The van der Waals surface area contributed by atoms with Gasteiger partial charge in [0.05, 0.1) is 11.0 Å². The van der Waals surface area contributed by atoms with Gasteiger partial charge in [-0.15, -0.1) is 0 Å². The van der Waals surface area contributed by atoms with E-state index in [1.54, 1.807) is 0 Å². The summed E-state index contributed by atoms with van der Waals surface area (Å²) < 4.78 is 15.4. The molecule has 0 aliphatic rings. The highest BCUT2D eigenvalue weighted by Gasteiger charge is 2.23. The number of hydrogen-bond donors (Lipinski definition) is 0. The van der Waals surface area contributed by atoms with E-state index in [1.807, 2.05) is 72.8 Å². The fourth-order valence-corrected chi connectivity index (χ4v) is 9.99. The Morgan fingerprint density at radius 3 is 1.76 bits per heavy atom. The molecule has 0 saturated carbocycles. The predicted molar refractivity (Wildman–Crippen MR) is 258 cm³/mol. The standard InChI is InChI=1S/C57H32N4O2/c1-2-14-34(15-3-1)55-58-56(42-21-12-24-50-54(42)41-20-9-10-22-48(41)62-50)60-57(59-55)44-32-51-53(40-19-8-11-23-49(40)63-51)39-27-26-37(31-43(39)44)61-46-28-25-33-13-6-7-18-38(33)52(46)45-29-35-16-4-5-17-36(35)30-47(45)61/h1-32H. The molecule has 292 valence electrons. The lowest BCUT2D eigenvalue weighted by Crippen LogP contribution is -2.01. The van der Waals surface area contributed by atoms with Gasteiger partial charge in [0.15, 0.2) is 17.5 Å². The van der Waals surface area contributed by atoms with Crippen LogP contribution < -0.4 is 0 Å². The third kappa shape index (κ3) is 5.03. The number of benzene rings is 10. The first-order valence-electron chi connectivity index (χ1n) is 21.2. The maximum Gasteiger partial charge on any atom is 0.164 e. The molecule has 0 atom stereocenters. The van der Waals surface area contributed by atoms with Gasteiger partial charge in [-0.3, -0.25) is 0 Å². The van der Waals surface area contributed by atoms with Crippen molar-refractivity contribution in [2.45, 2.75) is 0 Å². The molecular weight excluding hydrogens is 773 g/mol. The number of furan rings is 2. The van der Waals surface area contributed by atoms with Crippen molar-refractivity contribution < 1.29 is 8.83 Å². The number of hydrogen-bond acceptors (Lipinski definition) is 5. The number of rotatable bonds is 4. The van der Waals surface area contributed by atoms with Crippen LogP contribution in [0.25, 0.3) is 138 Å². The molecule has 6 nitrogen and oxygen atoms in total. The Bertz CT molecular complexity index is 4220. The second kappa shape index (κ2) is 12.9. The van der Waals surface area contributed by atoms with E-state index in [2.05, 4.69) is 126 Å². The molecule has 10 aromatic carbocycles. The van der Waals surface area contributed by atoms with E-state index in [9.17, 15) is 0 Å². The maximum atomic E-state index is 6.66. The van der Waals surface area contributed by atoms with Gasteiger partial charge < -0.3 is 13.4 Å². The van der Waals surface area contributed by atoms with Crippen LogP contribution in [0.2, 0.25) is 0 Å². The zero-order chi connectivity index (χ0) is 41.2. The summed E-state index contributed by atoms with van der Waals surface area (Å²) in [7, 11) is 0. The molecule has 14 aromatic rings. The summed E-state index contributed by atoms with van der Waals surface area (Å²) in [5.74, 6) is 1.69. The van der Waals surface area contributed by atoms with Gasteiger partial charge in [-0.25, -0.2) is 15.0 Å². The molecule has 0 amide bonds. The van der Waals surface area contributed by atoms with Gasteiger partial charge in [-0.1, -0.05) is 140 Å². The second-order valence-corrected chi connectivity index (χ2v) is 16.3. The van der Waals surface area contributed by atoms with Gasteiger partial charge in [0.2, 0.25) is 0 Å². The van der Waals surface area contributed by atoms with Crippen LogP contribution in [-0.4, -0.2) is 19.5 Å². The normalized spacial score (nSPS) is 12.1. The molecule has 0 spiro atoms. The van der Waals surface area contributed by atoms with Crippen LogP contribution in [0, 0.1) is 0 Å². The summed E-state index contributed by atoms with van der Waals surface area (Å²) >= 11 is 0. The van der Waals surface area contributed by atoms with Crippen LogP contribution >= 0.6 is 0 Å². The molecule has 63 heavy (non-hydrogen) atoms. The maximum absolute atomic E-state index is 6.66. The van der Waals surface area contributed by atoms with Crippen LogP contribution in [0.3, 0.4) is 0 Å². The van der Waals surface area contributed by atoms with Crippen molar-refractivity contribution in [3.8, 4) is 39.9 Å². The smallest absolute Gasteiger partial charge is 0.164 e. The average molecular weight is 805 g/mol. The van der Waals surface area contributed by atoms with Gasteiger partial charge in [0, 0.05) is 54.7 Å². The Labute approximate surface area is 358 Å². The molecule has 0 fully saturated rings. The Kier molecular flexibility index (Phi) is 7.02. The van der Waals surface area contributed by atoms with Gasteiger partial charge in [-0.05, 0) is 86.9 Å². The first kappa shape index (κ1) is 34.1. The molecule has 0 saturated heterocycles. The van der Waals surface area contributed by atoms with E-state index in [0.29, 0.717) is 17.5 Å².